The summed E-state index contributed by atoms with van der Waals surface area (Å²) in [5, 5.41) is 5.93. The molecule has 3 aromatic rings. The fourth-order valence-corrected chi connectivity index (χ4v) is 4.14. The van der Waals surface area contributed by atoms with Gasteiger partial charge in [-0.3, -0.25) is 0 Å². The van der Waals surface area contributed by atoms with Crippen molar-refractivity contribution in [3.63, 3.8) is 0 Å². The van der Waals surface area contributed by atoms with Crippen molar-refractivity contribution < 1.29 is 9.47 Å². The number of rotatable bonds is 7. The lowest BCUT2D eigenvalue weighted by molar-refractivity contribution is 0.0818. The Labute approximate surface area is 172 Å². The maximum atomic E-state index is 5.95. The third kappa shape index (κ3) is 4.83. The Kier molecular flexibility index (Phi) is 5.93. The van der Waals surface area contributed by atoms with E-state index in [0.717, 1.165) is 67.1 Å². The lowest BCUT2D eigenvalue weighted by atomic mass is 10.1. The van der Waals surface area contributed by atoms with Gasteiger partial charge in [-0.25, -0.2) is 14.6 Å². The highest BCUT2D eigenvalue weighted by Crippen LogP contribution is 2.28. The number of morpholine rings is 1. The normalized spacial score (nSPS) is 15.2. The topological polar surface area (TPSA) is 65.3 Å². The zero-order chi connectivity index (χ0) is 20.3. The Balaban J connectivity index is 1.59. The van der Waals surface area contributed by atoms with Gasteiger partial charge in [-0.2, -0.15) is 5.10 Å². The monoisotopic (exact) mass is 411 g/mol. The van der Waals surface area contributed by atoms with Crippen molar-refractivity contribution in [3.05, 3.63) is 36.7 Å². The van der Waals surface area contributed by atoms with Crippen molar-refractivity contribution >= 4 is 24.8 Å². The number of ether oxygens (including phenoxy) is 2. The van der Waals surface area contributed by atoms with Crippen LogP contribution in [0, 0.1) is 0 Å². The first-order valence-electron chi connectivity index (χ1n) is 10.2. The van der Waals surface area contributed by atoms with E-state index in [4.69, 9.17) is 14.6 Å². The predicted molar refractivity (Wildman–Crippen MR) is 118 cm³/mol. The summed E-state index contributed by atoms with van der Waals surface area (Å²) in [6.45, 7) is 11.4. The Morgan fingerprint density at radius 1 is 1.10 bits per heavy atom. The van der Waals surface area contributed by atoms with E-state index in [1.54, 1.807) is 6.33 Å². The number of aromatic nitrogens is 4. The van der Waals surface area contributed by atoms with Crippen LogP contribution in [0.4, 0.5) is 5.82 Å². The molecule has 1 aliphatic heterocycles. The molecule has 0 N–H and O–H groups in total. The smallest absolute Gasteiger partial charge is 0.140 e. The number of benzene rings is 1. The predicted octanol–water partition coefficient (Wildman–Crippen LogP) is 3.64. The van der Waals surface area contributed by atoms with Crippen molar-refractivity contribution in [2.24, 2.45) is 0 Å². The average Bonchev–Trinajstić information content (AvgIpc) is 3.10. The molecule has 0 aliphatic carbocycles. The third-order valence-electron chi connectivity index (χ3n) is 5.10. The van der Waals surface area contributed by atoms with E-state index in [-0.39, 0.29) is 0 Å². The Morgan fingerprint density at radius 2 is 1.90 bits per heavy atom. The number of fused-ring (bicyclic) bond motifs is 1. The molecule has 1 aromatic carbocycles. The zero-order valence-electron chi connectivity index (χ0n) is 17.5. The molecule has 8 heteroatoms. The Hall–Kier alpha value is -2.29. The molecule has 0 saturated carbocycles. The van der Waals surface area contributed by atoms with Gasteiger partial charge in [0.25, 0.3) is 0 Å². The van der Waals surface area contributed by atoms with Crippen molar-refractivity contribution in [2.45, 2.75) is 32.4 Å². The fourth-order valence-electron chi connectivity index (χ4n) is 3.39. The van der Waals surface area contributed by atoms with E-state index < -0.39 is 8.07 Å². The summed E-state index contributed by atoms with van der Waals surface area (Å²) in [6, 6.07) is 11.4. The fraction of sp³-hybridized carbons (Fsp3) is 0.476. The lowest BCUT2D eigenvalue weighted by Crippen LogP contribution is -2.36. The quantitative estimate of drug-likeness (QED) is 0.437. The number of hydrogen-bond donors (Lipinski definition) is 0. The second kappa shape index (κ2) is 8.60. The molecule has 0 atom stereocenters. The highest BCUT2D eigenvalue weighted by atomic mass is 28.3. The molecule has 0 unspecified atom stereocenters. The van der Waals surface area contributed by atoms with Crippen molar-refractivity contribution in [1.29, 1.82) is 0 Å². The lowest BCUT2D eigenvalue weighted by Gasteiger charge is -2.27. The molecular weight excluding hydrogens is 382 g/mol. The van der Waals surface area contributed by atoms with Gasteiger partial charge < -0.3 is 14.4 Å². The highest BCUT2D eigenvalue weighted by molar-refractivity contribution is 6.76. The molecule has 0 amide bonds. The highest BCUT2D eigenvalue weighted by Gasteiger charge is 2.18. The minimum atomic E-state index is -1.10. The molecule has 154 valence electrons. The summed E-state index contributed by atoms with van der Waals surface area (Å²) in [5.41, 5.74) is 2.76. The van der Waals surface area contributed by atoms with Crippen LogP contribution in [0.25, 0.3) is 22.3 Å². The maximum Gasteiger partial charge on any atom is 0.140 e. The first kappa shape index (κ1) is 20.0. The first-order chi connectivity index (χ1) is 14.0. The Bertz CT molecular complexity index is 963. The second-order valence-corrected chi connectivity index (χ2v) is 14.2. The van der Waals surface area contributed by atoms with Gasteiger partial charge >= 0.3 is 0 Å². The summed E-state index contributed by atoms with van der Waals surface area (Å²) in [7, 11) is -1.10. The number of nitrogens with zero attached hydrogens (tertiary/aromatic N) is 5. The van der Waals surface area contributed by atoms with Crippen LogP contribution in [-0.2, 0) is 16.2 Å². The van der Waals surface area contributed by atoms with E-state index in [1.807, 2.05) is 22.9 Å². The van der Waals surface area contributed by atoms with Gasteiger partial charge in [-0.15, -0.1) is 0 Å². The van der Waals surface area contributed by atoms with E-state index in [9.17, 15) is 0 Å². The molecule has 3 heterocycles. The molecule has 2 aromatic heterocycles. The standard InChI is InChI=1S/C21H29N5O2Si/c1-29(2,3)13-12-28-16-26-19-7-5-4-6-17(19)21(24-26)18-14-20(23-15-22-18)25-8-10-27-11-9-25/h4-7,14-15H,8-13,16H2,1-3H3. The van der Waals surface area contributed by atoms with Crippen LogP contribution in [0.15, 0.2) is 36.7 Å². The molecule has 29 heavy (non-hydrogen) atoms. The van der Waals surface area contributed by atoms with E-state index in [1.165, 1.54) is 0 Å². The number of anilines is 1. The summed E-state index contributed by atoms with van der Waals surface area (Å²) in [4.78, 5) is 11.2. The third-order valence-corrected chi connectivity index (χ3v) is 6.80. The van der Waals surface area contributed by atoms with Gasteiger partial charge in [0, 0.05) is 39.2 Å². The van der Waals surface area contributed by atoms with Gasteiger partial charge in [-0.1, -0.05) is 37.8 Å². The molecule has 4 rings (SSSR count). The summed E-state index contributed by atoms with van der Waals surface area (Å²) >= 11 is 0. The van der Waals surface area contributed by atoms with Gasteiger partial charge in [0.1, 0.15) is 24.6 Å². The minimum Gasteiger partial charge on any atom is -0.378 e. The van der Waals surface area contributed by atoms with Crippen LogP contribution in [0.2, 0.25) is 25.7 Å². The molecule has 1 saturated heterocycles. The van der Waals surface area contributed by atoms with Crippen LogP contribution in [0.3, 0.4) is 0 Å². The summed E-state index contributed by atoms with van der Waals surface area (Å²) in [6.07, 6.45) is 1.62. The average molecular weight is 412 g/mol. The summed E-state index contributed by atoms with van der Waals surface area (Å²) in [5.74, 6) is 0.920. The molecule has 7 nitrogen and oxygen atoms in total. The molecule has 1 aliphatic rings. The van der Waals surface area contributed by atoms with Crippen LogP contribution in [0.1, 0.15) is 0 Å². The van der Waals surface area contributed by atoms with Gasteiger partial charge in [0.05, 0.1) is 24.4 Å². The molecule has 1 fully saturated rings. The molecular formula is C21H29N5O2Si. The van der Waals surface area contributed by atoms with Crippen LogP contribution < -0.4 is 4.90 Å². The van der Waals surface area contributed by atoms with Gasteiger partial charge in [0.2, 0.25) is 0 Å². The second-order valence-electron chi connectivity index (χ2n) is 8.57. The van der Waals surface area contributed by atoms with E-state index in [0.29, 0.717) is 6.73 Å². The van der Waals surface area contributed by atoms with Crippen molar-refractivity contribution in [1.82, 2.24) is 19.7 Å². The summed E-state index contributed by atoms with van der Waals surface area (Å²) < 4.78 is 13.3. The maximum absolute atomic E-state index is 5.95. The molecule has 0 spiro atoms. The Morgan fingerprint density at radius 3 is 2.69 bits per heavy atom. The van der Waals surface area contributed by atoms with Crippen molar-refractivity contribution in [2.75, 3.05) is 37.8 Å². The number of para-hydroxylation sites is 1. The van der Waals surface area contributed by atoms with Gasteiger partial charge in [-0.05, 0) is 12.1 Å². The van der Waals surface area contributed by atoms with Gasteiger partial charge in [0.15, 0.2) is 0 Å². The molecule has 0 radical (unpaired) electrons. The van der Waals surface area contributed by atoms with Crippen molar-refractivity contribution in [3.8, 4) is 11.4 Å². The van der Waals surface area contributed by atoms with E-state index in [2.05, 4.69) is 46.6 Å². The SMILES string of the molecule is C[Si](C)(C)CCOCn1nc(-c2cc(N3CCOCC3)ncn2)c2ccccc21. The number of hydrogen-bond acceptors (Lipinski definition) is 6. The van der Waals surface area contributed by atoms with Crippen LogP contribution >= 0.6 is 0 Å². The van der Waals surface area contributed by atoms with E-state index >= 15 is 0 Å². The first-order valence-corrected chi connectivity index (χ1v) is 13.9. The zero-order valence-corrected chi connectivity index (χ0v) is 18.5. The largest absolute Gasteiger partial charge is 0.378 e. The minimum absolute atomic E-state index is 0.451. The van der Waals surface area contributed by atoms with Crippen LogP contribution in [-0.4, -0.2) is 60.7 Å². The van der Waals surface area contributed by atoms with Crippen LogP contribution in [0.5, 0.6) is 0 Å². The molecule has 0 bridgehead atoms.